The third kappa shape index (κ3) is 9.46. The number of benzene rings is 4. The molecule has 0 spiro atoms. The van der Waals surface area contributed by atoms with Crippen molar-refractivity contribution < 1.29 is 37.7 Å². The van der Waals surface area contributed by atoms with E-state index in [0.29, 0.717) is 5.57 Å². The standard InChI is InChI=1S/C43H50O8Si/c1-31-27-48-38(28-49-52(43(4,5)6,36-23-15-9-16-24-36)37-25-17-10-18-26-37)42(51-40(45)30-47-33(3)35-21-13-8-14-22-35)41(31)50-39(44)29-46-32(2)34-19-11-7-12-20-34/h7-27,32-33,38,41-42H,28-30H2,1-6H3/t32-,33-,38+,41+,42+/m0/s1. The highest BCUT2D eigenvalue weighted by atomic mass is 28.4. The summed E-state index contributed by atoms with van der Waals surface area (Å²) in [4.78, 5) is 26.8. The van der Waals surface area contributed by atoms with Crippen molar-refractivity contribution in [1.82, 2.24) is 0 Å². The number of hydrogen-bond donors (Lipinski definition) is 0. The minimum atomic E-state index is -2.99. The summed E-state index contributed by atoms with van der Waals surface area (Å²) in [6, 6.07) is 39.8. The van der Waals surface area contributed by atoms with Gasteiger partial charge in [0.1, 0.15) is 13.2 Å². The maximum atomic E-state index is 13.5. The average molecular weight is 723 g/mol. The predicted molar refractivity (Wildman–Crippen MR) is 204 cm³/mol. The molecule has 0 amide bonds. The molecular weight excluding hydrogens is 673 g/mol. The van der Waals surface area contributed by atoms with Gasteiger partial charge in [0.15, 0.2) is 18.3 Å². The van der Waals surface area contributed by atoms with Crippen LogP contribution in [0.1, 0.15) is 64.9 Å². The molecule has 0 saturated heterocycles. The molecule has 4 aromatic rings. The lowest BCUT2D eigenvalue weighted by Crippen LogP contribution is -2.67. The Kier molecular flexibility index (Phi) is 13.2. The van der Waals surface area contributed by atoms with Gasteiger partial charge in [-0.3, -0.25) is 0 Å². The van der Waals surface area contributed by atoms with E-state index in [-0.39, 0.29) is 37.1 Å². The van der Waals surface area contributed by atoms with Crippen LogP contribution in [-0.2, 0) is 37.7 Å². The van der Waals surface area contributed by atoms with Gasteiger partial charge in [0.25, 0.3) is 8.32 Å². The lowest BCUT2D eigenvalue weighted by atomic mass is 10.00. The molecule has 1 aliphatic rings. The summed E-state index contributed by atoms with van der Waals surface area (Å²) in [5.74, 6) is -1.21. The van der Waals surface area contributed by atoms with Crippen molar-refractivity contribution in [3.05, 3.63) is 144 Å². The number of rotatable bonds is 15. The molecule has 0 aliphatic carbocycles. The van der Waals surface area contributed by atoms with Gasteiger partial charge in [-0.1, -0.05) is 142 Å². The Morgan fingerprint density at radius 3 is 1.54 bits per heavy atom. The first kappa shape index (κ1) is 38.7. The molecule has 8 nitrogen and oxygen atoms in total. The zero-order valence-corrected chi connectivity index (χ0v) is 31.9. The molecule has 0 aromatic heterocycles. The fourth-order valence-electron chi connectivity index (χ4n) is 6.58. The van der Waals surface area contributed by atoms with Crippen LogP contribution in [-0.4, -0.2) is 58.4 Å². The lowest BCUT2D eigenvalue weighted by molar-refractivity contribution is -0.186. The Hall–Kier alpha value is -4.54. The normalized spacial score (nSPS) is 18.7. The van der Waals surface area contributed by atoms with Gasteiger partial charge in [-0.25, -0.2) is 9.59 Å². The van der Waals surface area contributed by atoms with Crippen molar-refractivity contribution in [2.45, 2.75) is 77.1 Å². The second-order valence-electron chi connectivity index (χ2n) is 14.1. The van der Waals surface area contributed by atoms with Crippen LogP contribution in [0.5, 0.6) is 0 Å². The van der Waals surface area contributed by atoms with E-state index in [0.717, 1.165) is 21.5 Å². The molecule has 0 bridgehead atoms. The van der Waals surface area contributed by atoms with Crippen LogP contribution in [0.15, 0.2) is 133 Å². The van der Waals surface area contributed by atoms with Crippen LogP contribution in [0, 0.1) is 0 Å². The van der Waals surface area contributed by atoms with E-state index in [1.54, 1.807) is 13.2 Å². The van der Waals surface area contributed by atoms with Crippen LogP contribution < -0.4 is 10.4 Å². The van der Waals surface area contributed by atoms with Gasteiger partial charge in [-0.2, -0.15) is 0 Å². The third-order valence-corrected chi connectivity index (χ3v) is 14.4. The highest BCUT2D eigenvalue weighted by molar-refractivity contribution is 6.99. The number of esters is 2. The van der Waals surface area contributed by atoms with Crippen LogP contribution in [0.4, 0.5) is 0 Å². The molecule has 274 valence electrons. The number of carbonyl (C=O) groups excluding carboxylic acids is 2. The molecule has 0 N–H and O–H groups in total. The van der Waals surface area contributed by atoms with Gasteiger partial charge >= 0.3 is 11.9 Å². The van der Waals surface area contributed by atoms with E-state index in [2.05, 4.69) is 45.0 Å². The Morgan fingerprint density at radius 2 is 1.10 bits per heavy atom. The van der Waals surface area contributed by atoms with Gasteiger partial charge in [0.05, 0.1) is 25.1 Å². The summed E-state index contributed by atoms with van der Waals surface area (Å²) in [7, 11) is -2.99. The Labute approximate surface area is 308 Å². The highest BCUT2D eigenvalue weighted by Gasteiger charge is 2.52. The topological polar surface area (TPSA) is 89.5 Å². The summed E-state index contributed by atoms with van der Waals surface area (Å²) >= 11 is 0. The van der Waals surface area contributed by atoms with E-state index in [4.69, 9.17) is 28.1 Å². The number of ether oxygens (including phenoxy) is 5. The fraction of sp³-hybridized carbons (Fsp3) is 0.349. The Bertz CT molecular complexity index is 1700. The van der Waals surface area contributed by atoms with Crippen molar-refractivity contribution in [3.63, 3.8) is 0 Å². The second kappa shape index (κ2) is 17.8. The molecule has 9 heteroatoms. The van der Waals surface area contributed by atoms with E-state index >= 15 is 0 Å². The first-order valence-corrected chi connectivity index (χ1v) is 19.7. The molecule has 0 saturated carbocycles. The molecule has 5 atom stereocenters. The van der Waals surface area contributed by atoms with Gasteiger partial charge in [-0.15, -0.1) is 0 Å². The van der Waals surface area contributed by atoms with E-state index in [1.165, 1.54) is 0 Å². The van der Waals surface area contributed by atoms with Gasteiger partial charge < -0.3 is 28.1 Å². The Balaban J connectivity index is 1.40. The maximum Gasteiger partial charge on any atom is 0.332 e. The van der Waals surface area contributed by atoms with Gasteiger partial charge in [0.2, 0.25) is 0 Å². The van der Waals surface area contributed by atoms with Crippen LogP contribution in [0.25, 0.3) is 0 Å². The molecule has 0 fully saturated rings. The van der Waals surface area contributed by atoms with Crippen molar-refractivity contribution >= 4 is 30.6 Å². The van der Waals surface area contributed by atoms with Crippen molar-refractivity contribution in [1.29, 1.82) is 0 Å². The van der Waals surface area contributed by atoms with Crippen molar-refractivity contribution in [2.75, 3.05) is 19.8 Å². The summed E-state index contributed by atoms with van der Waals surface area (Å²) in [5, 5.41) is 1.89. The first-order chi connectivity index (χ1) is 25.0. The van der Waals surface area contributed by atoms with Gasteiger partial charge in [-0.05, 0) is 47.3 Å². The van der Waals surface area contributed by atoms with E-state index in [1.807, 2.05) is 111 Å². The summed E-state index contributed by atoms with van der Waals surface area (Å²) in [6.45, 7) is 11.6. The number of carbonyl (C=O) groups is 2. The minimum absolute atomic E-state index is 0.0614. The smallest absolute Gasteiger partial charge is 0.332 e. The summed E-state index contributed by atoms with van der Waals surface area (Å²) in [5.41, 5.74) is 2.46. The summed E-state index contributed by atoms with van der Waals surface area (Å²) in [6.07, 6.45) is -1.89. The van der Waals surface area contributed by atoms with Crippen molar-refractivity contribution in [2.24, 2.45) is 0 Å². The van der Waals surface area contributed by atoms with E-state index in [9.17, 15) is 9.59 Å². The SMILES string of the molecule is CC1=CO[C@H](CO[Si](c2ccccc2)(c2ccccc2)C(C)(C)C)[C@@H](OC(=O)CO[C@@H](C)c2ccccc2)[C@@H]1OC(=O)CO[C@@H](C)c1ccccc1. The molecular formula is C43H50O8Si. The lowest BCUT2D eigenvalue weighted by Gasteiger charge is -2.44. The predicted octanol–water partition coefficient (Wildman–Crippen LogP) is 7.24. The molecule has 4 aromatic carbocycles. The van der Waals surface area contributed by atoms with Crippen LogP contribution in [0.2, 0.25) is 5.04 Å². The fourth-order valence-corrected chi connectivity index (χ4v) is 11.2. The van der Waals surface area contributed by atoms with Crippen molar-refractivity contribution in [3.8, 4) is 0 Å². The van der Waals surface area contributed by atoms with E-state index < -0.39 is 38.6 Å². The van der Waals surface area contributed by atoms with Crippen LogP contribution in [0.3, 0.4) is 0 Å². The molecule has 1 aliphatic heterocycles. The maximum absolute atomic E-state index is 13.5. The molecule has 1 heterocycles. The third-order valence-electron chi connectivity index (χ3n) is 9.39. The summed E-state index contributed by atoms with van der Waals surface area (Å²) < 4.78 is 37.4. The van der Waals surface area contributed by atoms with Crippen LogP contribution >= 0.6 is 0 Å². The molecule has 5 rings (SSSR count). The minimum Gasteiger partial charge on any atom is -0.492 e. The Morgan fingerprint density at radius 1 is 0.673 bits per heavy atom. The largest absolute Gasteiger partial charge is 0.492 e. The quantitative estimate of drug-likeness (QED) is 0.0938. The average Bonchev–Trinajstić information content (AvgIpc) is 3.16. The second-order valence-corrected chi connectivity index (χ2v) is 18.4. The first-order valence-electron chi connectivity index (χ1n) is 17.8. The molecule has 52 heavy (non-hydrogen) atoms. The molecule has 0 radical (unpaired) electrons. The zero-order valence-electron chi connectivity index (χ0n) is 30.9. The number of hydrogen-bond acceptors (Lipinski definition) is 8. The highest BCUT2D eigenvalue weighted by Crippen LogP contribution is 2.37. The molecule has 0 unspecified atom stereocenters. The zero-order chi connectivity index (χ0) is 37.1. The van der Waals surface area contributed by atoms with Gasteiger partial charge in [0, 0.05) is 5.57 Å². The monoisotopic (exact) mass is 722 g/mol.